The van der Waals surface area contributed by atoms with Gasteiger partial charge in [0.1, 0.15) is 36.9 Å². The Bertz CT molecular complexity index is 684. The third-order valence-electron chi connectivity index (χ3n) is 3.23. The third-order valence-corrected chi connectivity index (χ3v) is 4.87. The second-order valence-electron chi connectivity index (χ2n) is 5.43. The van der Waals surface area contributed by atoms with Crippen LogP contribution in [-0.2, 0) is 0 Å². The first-order valence-electron chi connectivity index (χ1n) is 7.88. The standard InChI is InChI=1S/C18H20Cl2O5S/c19-8-12(22)10-25-18-6-5-16(7-17(18)20)26-15-3-1-14(2-4-15)24-11-13(23)9-21/h1-7,12-13,21-23H,8-11H2. The van der Waals surface area contributed by atoms with Crippen molar-refractivity contribution >= 4 is 35.0 Å². The van der Waals surface area contributed by atoms with Gasteiger partial charge in [-0.25, -0.2) is 0 Å². The SMILES string of the molecule is OCC(O)COc1ccc(Sc2ccc(OCC(O)CCl)c(Cl)c2)cc1. The predicted octanol–water partition coefficient (Wildman–Crippen LogP) is 3.20. The van der Waals surface area contributed by atoms with Crippen molar-refractivity contribution in [1.82, 2.24) is 0 Å². The van der Waals surface area contributed by atoms with Crippen LogP contribution in [0.25, 0.3) is 0 Å². The molecule has 2 aromatic carbocycles. The molecule has 0 aliphatic rings. The summed E-state index contributed by atoms with van der Waals surface area (Å²) in [6.07, 6.45) is -1.63. The molecule has 26 heavy (non-hydrogen) atoms. The summed E-state index contributed by atoms with van der Waals surface area (Å²) in [5.74, 6) is 1.21. The molecule has 0 radical (unpaired) electrons. The van der Waals surface area contributed by atoms with Gasteiger partial charge in [0.05, 0.1) is 17.5 Å². The topological polar surface area (TPSA) is 79.2 Å². The van der Waals surface area contributed by atoms with Gasteiger partial charge >= 0.3 is 0 Å². The summed E-state index contributed by atoms with van der Waals surface area (Å²) >= 11 is 13.3. The molecule has 0 bridgehead atoms. The summed E-state index contributed by atoms with van der Waals surface area (Å²) in [6.45, 7) is -0.208. The lowest BCUT2D eigenvalue weighted by Gasteiger charge is -2.12. The fourth-order valence-corrected chi connectivity index (χ4v) is 3.12. The summed E-state index contributed by atoms with van der Waals surface area (Å²) in [6, 6.07) is 12.8. The van der Waals surface area contributed by atoms with E-state index in [2.05, 4.69) is 0 Å². The smallest absolute Gasteiger partial charge is 0.138 e. The van der Waals surface area contributed by atoms with E-state index in [1.54, 1.807) is 24.3 Å². The van der Waals surface area contributed by atoms with Crippen molar-refractivity contribution < 1.29 is 24.8 Å². The van der Waals surface area contributed by atoms with Gasteiger partial charge in [0.25, 0.3) is 0 Å². The molecule has 5 nitrogen and oxygen atoms in total. The molecule has 0 fully saturated rings. The van der Waals surface area contributed by atoms with Gasteiger partial charge in [-0.05, 0) is 42.5 Å². The molecule has 0 aromatic heterocycles. The Kier molecular flexibility index (Phi) is 8.84. The molecule has 0 aliphatic heterocycles. The van der Waals surface area contributed by atoms with Crippen LogP contribution in [0.2, 0.25) is 5.02 Å². The third kappa shape index (κ3) is 6.87. The average molecular weight is 419 g/mol. The maximum atomic E-state index is 9.42. The van der Waals surface area contributed by atoms with E-state index in [-0.39, 0.29) is 25.7 Å². The Morgan fingerprint density at radius 2 is 1.58 bits per heavy atom. The zero-order valence-corrected chi connectivity index (χ0v) is 16.2. The molecular formula is C18H20Cl2O5S. The van der Waals surface area contributed by atoms with Gasteiger partial charge in [-0.15, -0.1) is 11.6 Å². The van der Waals surface area contributed by atoms with Gasteiger partial charge in [-0.3, -0.25) is 0 Å². The Hall–Kier alpha value is -1.15. The molecule has 0 amide bonds. The summed E-state index contributed by atoms with van der Waals surface area (Å²) in [7, 11) is 0. The molecule has 2 aromatic rings. The lowest BCUT2D eigenvalue weighted by Crippen LogP contribution is -2.21. The summed E-state index contributed by atoms with van der Waals surface area (Å²) < 4.78 is 10.8. The van der Waals surface area contributed by atoms with Gasteiger partial charge in [-0.2, -0.15) is 0 Å². The lowest BCUT2D eigenvalue weighted by molar-refractivity contribution is 0.0536. The minimum atomic E-state index is -0.891. The molecule has 0 aliphatic carbocycles. The number of aliphatic hydroxyl groups excluding tert-OH is 3. The molecule has 2 unspecified atom stereocenters. The van der Waals surface area contributed by atoms with E-state index in [1.807, 2.05) is 18.2 Å². The fraction of sp³-hybridized carbons (Fsp3) is 0.333. The molecule has 0 saturated carbocycles. The minimum Gasteiger partial charge on any atom is -0.491 e. The molecule has 2 atom stereocenters. The average Bonchev–Trinajstić information content (AvgIpc) is 2.66. The molecule has 0 spiro atoms. The van der Waals surface area contributed by atoms with E-state index in [0.29, 0.717) is 16.5 Å². The normalized spacial score (nSPS) is 13.3. The van der Waals surface area contributed by atoms with Crippen LogP contribution in [0.5, 0.6) is 11.5 Å². The summed E-state index contributed by atoms with van der Waals surface area (Å²) in [5.41, 5.74) is 0. The first-order valence-corrected chi connectivity index (χ1v) is 9.60. The van der Waals surface area contributed by atoms with Crippen molar-refractivity contribution in [2.75, 3.05) is 25.7 Å². The number of hydrogen-bond acceptors (Lipinski definition) is 6. The monoisotopic (exact) mass is 418 g/mol. The van der Waals surface area contributed by atoms with E-state index in [4.69, 9.17) is 37.8 Å². The number of halogens is 2. The zero-order valence-electron chi connectivity index (χ0n) is 13.8. The van der Waals surface area contributed by atoms with Gasteiger partial charge in [0.2, 0.25) is 0 Å². The molecule has 3 N–H and O–H groups in total. The minimum absolute atomic E-state index is 0.0402. The van der Waals surface area contributed by atoms with E-state index in [9.17, 15) is 10.2 Å². The first kappa shape index (κ1) is 21.2. The lowest BCUT2D eigenvalue weighted by atomic mass is 10.3. The van der Waals surface area contributed by atoms with E-state index in [1.165, 1.54) is 11.8 Å². The highest BCUT2D eigenvalue weighted by molar-refractivity contribution is 7.99. The Labute approximate surface area is 166 Å². The number of rotatable bonds is 10. The van der Waals surface area contributed by atoms with Crippen LogP contribution in [0.15, 0.2) is 52.3 Å². The largest absolute Gasteiger partial charge is 0.491 e. The van der Waals surface area contributed by atoms with Crippen LogP contribution < -0.4 is 9.47 Å². The zero-order chi connectivity index (χ0) is 18.9. The number of benzene rings is 2. The summed E-state index contributed by atoms with van der Waals surface area (Å²) in [5, 5.41) is 27.9. The van der Waals surface area contributed by atoms with Gasteiger partial charge < -0.3 is 24.8 Å². The van der Waals surface area contributed by atoms with Crippen molar-refractivity contribution in [2.24, 2.45) is 0 Å². The van der Waals surface area contributed by atoms with Crippen LogP contribution in [0.3, 0.4) is 0 Å². The van der Waals surface area contributed by atoms with Gasteiger partial charge in [0, 0.05) is 9.79 Å². The van der Waals surface area contributed by atoms with Crippen molar-refractivity contribution in [1.29, 1.82) is 0 Å². The number of aliphatic hydroxyl groups is 3. The second-order valence-corrected chi connectivity index (χ2v) is 7.29. The molecule has 0 saturated heterocycles. The first-order chi connectivity index (χ1) is 12.5. The van der Waals surface area contributed by atoms with E-state index >= 15 is 0 Å². The highest BCUT2D eigenvalue weighted by Gasteiger charge is 2.08. The van der Waals surface area contributed by atoms with Crippen LogP contribution in [0.4, 0.5) is 0 Å². The Morgan fingerprint density at radius 1 is 0.923 bits per heavy atom. The molecular weight excluding hydrogens is 399 g/mol. The summed E-state index contributed by atoms with van der Waals surface area (Å²) in [4.78, 5) is 1.92. The highest BCUT2D eigenvalue weighted by Crippen LogP contribution is 2.34. The molecule has 8 heteroatoms. The molecule has 142 valence electrons. The number of hydrogen-bond donors (Lipinski definition) is 3. The Morgan fingerprint density at radius 3 is 2.19 bits per heavy atom. The van der Waals surface area contributed by atoms with Crippen molar-refractivity contribution in [2.45, 2.75) is 22.0 Å². The van der Waals surface area contributed by atoms with Crippen molar-refractivity contribution in [3.8, 4) is 11.5 Å². The van der Waals surface area contributed by atoms with Crippen LogP contribution >= 0.6 is 35.0 Å². The van der Waals surface area contributed by atoms with E-state index < -0.39 is 12.2 Å². The van der Waals surface area contributed by atoms with Crippen molar-refractivity contribution in [3.05, 3.63) is 47.5 Å². The highest BCUT2D eigenvalue weighted by atomic mass is 35.5. The van der Waals surface area contributed by atoms with Crippen LogP contribution in [-0.4, -0.2) is 53.2 Å². The predicted molar refractivity (Wildman–Crippen MR) is 103 cm³/mol. The number of ether oxygens (including phenoxy) is 2. The van der Waals surface area contributed by atoms with Gasteiger partial charge in [0.15, 0.2) is 0 Å². The molecule has 2 rings (SSSR count). The number of alkyl halides is 1. The second kappa shape index (κ2) is 10.9. The Balaban J connectivity index is 1.92. The maximum absolute atomic E-state index is 9.42. The van der Waals surface area contributed by atoms with E-state index in [0.717, 1.165) is 9.79 Å². The van der Waals surface area contributed by atoms with Crippen LogP contribution in [0.1, 0.15) is 0 Å². The van der Waals surface area contributed by atoms with Gasteiger partial charge in [-0.1, -0.05) is 23.4 Å². The quantitative estimate of drug-likeness (QED) is 0.514. The van der Waals surface area contributed by atoms with Crippen LogP contribution in [0, 0.1) is 0 Å². The fourth-order valence-electron chi connectivity index (χ4n) is 1.88. The van der Waals surface area contributed by atoms with Crippen molar-refractivity contribution in [3.63, 3.8) is 0 Å². The maximum Gasteiger partial charge on any atom is 0.138 e. The molecule has 0 heterocycles.